The van der Waals surface area contributed by atoms with Gasteiger partial charge in [0, 0.05) is 24.6 Å². The molecule has 90 valence electrons. The normalized spacial score (nSPS) is 10.8. The third-order valence-corrected chi connectivity index (χ3v) is 2.85. The number of nitrogens with zero attached hydrogens (tertiary/aromatic N) is 2. The van der Waals surface area contributed by atoms with Crippen LogP contribution >= 0.6 is 39.9 Å². The van der Waals surface area contributed by atoms with E-state index in [1.54, 1.807) is 0 Å². The maximum Gasteiger partial charge on any atom is 0.191 e. The Hall–Kier alpha value is -0.300. The van der Waals surface area contributed by atoms with Crippen molar-refractivity contribution in [1.29, 1.82) is 0 Å². The zero-order chi connectivity index (χ0) is 11.3. The van der Waals surface area contributed by atoms with Gasteiger partial charge < -0.3 is 10.6 Å². The smallest absolute Gasteiger partial charge is 0.191 e. The molecule has 16 heavy (non-hydrogen) atoms. The Kier molecular flexibility index (Phi) is 7.74. The monoisotopic (exact) mass is 397 g/mol. The molecule has 0 bridgehead atoms. The molecule has 0 aliphatic heterocycles. The Bertz CT molecular complexity index is 355. The number of aliphatic imine (C=N–C) groups is 1. The van der Waals surface area contributed by atoms with Crippen LogP contribution in [0.5, 0.6) is 0 Å². The van der Waals surface area contributed by atoms with Gasteiger partial charge in [-0.1, -0.05) is 34.1 Å². The third kappa shape index (κ3) is 4.69. The fraction of sp³-hybridized carbons (Fsp3) is 0.364. The average Bonchev–Trinajstić information content (AvgIpc) is 2.21. The van der Waals surface area contributed by atoms with E-state index in [2.05, 4.69) is 27.0 Å². The molecule has 0 aliphatic carbocycles. The zero-order valence-electron chi connectivity index (χ0n) is 9.48. The fourth-order valence-electron chi connectivity index (χ4n) is 1.25. The zero-order valence-corrected chi connectivity index (χ0v) is 13.4. The van der Waals surface area contributed by atoms with Crippen LogP contribution in [0.2, 0.25) is 0 Å². The molecule has 0 heterocycles. The molecule has 0 radical (unpaired) electrons. The van der Waals surface area contributed by atoms with Crippen molar-refractivity contribution >= 4 is 45.9 Å². The Labute approximate surface area is 122 Å². The molecule has 0 spiro atoms. The first-order valence-electron chi connectivity index (χ1n) is 4.89. The summed E-state index contributed by atoms with van der Waals surface area (Å²) in [5.74, 6) is 0.577. The summed E-state index contributed by atoms with van der Waals surface area (Å²) < 4.78 is 1.10. The van der Waals surface area contributed by atoms with E-state index in [1.807, 2.05) is 37.1 Å². The minimum atomic E-state index is 0. The quantitative estimate of drug-likeness (QED) is 0.484. The summed E-state index contributed by atoms with van der Waals surface area (Å²) in [7, 11) is 1.94. The molecule has 0 unspecified atom stereocenters. The van der Waals surface area contributed by atoms with Gasteiger partial charge in [-0.05, 0) is 18.6 Å². The van der Waals surface area contributed by atoms with Crippen LogP contribution in [0.15, 0.2) is 33.7 Å². The minimum Gasteiger partial charge on any atom is -0.370 e. The summed E-state index contributed by atoms with van der Waals surface area (Å²) in [4.78, 5) is 6.09. The van der Waals surface area contributed by atoms with Crippen molar-refractivity contribution < 1.29 is 0 Å². The largest absolute Gasteiger partial charge is 0.370 e. The van der Waals surface area contributed by atoms with Crippen molar-refractivity contribution in [1.82, 2.24) is 4.90 Å². The van der Waals surface area contributed by atoms with Gasteiger partial charge in [-0.15, -0.1) is 24.0 Å². The van der Waals surface area contributed by atoms with Gasteiger partial charge in [0.05, 0.1) is 0 Å². The van der Waals surface area contributed by atoms with Crippen molar-refractivity contribution in [3.8, 4) is 0 Å². The molecule has 0 aromatic heterocycles. The van der Waals surface area contributed by atoms with Gasteiger partial charge in [-0.2, -0.15) is 0 Å². The molecular formula is C11H17BrIN3. The second kappa shape index (κ2) is 7.89. The standard InChI is InChI=1S/C11H16BrN3.HI/c1-3-14-11(13)15(2)8-9-6-4-5-7-10(9)12;/h4-7H,3,8H2,1-2H3,(H2,13,14);1H. The van der Waals surface area contributed by atoms with Gasteiger partial charge in [0.2, 0.25) is 0 Å². The molecule has 0 fully saturated rings. The molecule has 0 atom stereocenters. The van der Waals surface area contributed by atoms with E-state index >= 15 is 0 Å². The minimum absolute atomic E-state index is 0. The molecular weight excluding hydrogens is 381 g/mol. The number of benzene rings is 1. The highest BCUT2D eigenvalue weighted by molar-refractivity contribution is 14.0. The van der Waals surface area contributed by atoms with Gasteiger partial charge >= 0.3 is 0 Å². The fourth-order valence-corrected chi connectivity index (χ4v) is 1.66. The van der Waals surface area contributed by atoms with Crippen molar-refractivity contribution in [3.05, 3.63) is 34.3 Å². The first kappa shape index (κ1) is 15.7. The van der Waals surface area contributed by atoms with Crippen LogP contribution in [0.3, 0.4) is 0 Å². The topological polar surface area (TPSA) is 41.6 Å². The highest BCUT2D eigenvalue weighted by Gasteiger charge is 2.04. The summed E-state index contributed by atoms with van der Waals surface area (Å²) in [5.41, 5.74) is 6.99. The van der Waals surface area contributed by atoms with E-state index in [0.29, 0.717) is 12.5 Å². The van der Waals surface area contributed by atoms with E-state index in [4.69, 9.17) is 5.73 Å². The van der Waals surface area contributed by atoms with Crippen LogP contribution in [0.4, 0.5) is 0 Å². The van der Waals surface area contributed by atoms with E-state index < -0.39 is 0 Å². The van der Waals surface area contributed by atoms with Crippen LogP contribution in [-0.2, 0) is 6.54 Å². The molecule has 2 N–H and O–H groups in total. The van der Waals surface area contributed by atoms with Gasteiger partial charge in [-0.3, -0.25) is 4.99 Å². The Balaban J connectivity index is 0.00000225. The lowest BCUT2D eigenvalue weighted by Crippen LogP contribution is -2.33. The SMILES string of the molecule is CCN=C(N)N(C)Cc1ccccc1Br.I. The molecule has 1 rings (SSSR count). The summed E-state index contributed by atoms with van der Waals surface area (Å²) in [6.45, 7) is 3.45. The number of guanidine groups is 1. The van der Waals surface area contributed by atoms with Crippen LogP contribution in [-0.4, -0.2) is 24.5 Å². The van der Waals surface area contributed by atoms with Gasteiger partial charge in [0.1, 0.15) is 0 Å². The van der Waals surface area contributed by atoms with Crippen molar-refractivity contribution in [2.45, 2.75) is 13.5 Å². The second-order valence-electron chi connectivity index (χ2n) is 3.28. The van der Waals surface area contributed by atoms with E-state index in [-0.39, 0.29) is 24.0 Å². The molecule has 5 heteroatoms. The highest BCUT2D eigenvalue weighted by atomic mass is 127. The van der Waals surface area contributed by atoms with Crippen molar-refractivity contribution in [2.24, 2.45) is 10.7 Å². The van der Waals surface area contributed by atoms with Crippen molar-refractivity contribution in [2.75, 3.05) is 13.6 Å². The maximum atomic E-state index is 5.79. The number of nitrogens with two attached hydrogens (primary N) is 1. The van der Waals surface area contributed by atoms with Crippen LogP contribution in [0.1, 0.15) is 12.5 Å². The lowest BCUT2D eigenvalue weighted by Gasteiger charge is -2.18. The molecule has 0 saturated carbocycles. The Morgan fingerprint density at radius 2 is 2.06 bits per heavy atom. The molecule has 1 aromatic rings. The molecule has 3 nitrogen and oxygen atoms in total. The summed E-state index contributed by atoms with van der Waals surface area (Å²) in [6, 6.07) is 8.11. The lowest BCUT2D eigenvalue weighted by molar-refractivity contribution is 0.491. The first-order valence-corrected chi connectivity index (χ1v) is 5.69. The van der Waals surface area contributed by atoms with Gasteiger partial charge in [-0.25, -0.2) is 0 Å². The number of hydrogen-bond donors (Lipinski definition) is 1. The number of halogens is 2. The number of hydrogen-bond acceptors (Lipinski definition) is 1. The third-order valence-electron chi connectivity index (χ3n) is 2.08. The van der Waals surface area contributed by atoms with Gasteiger partial charge in [0.25, 0.3) is 0 Å². The highest BCUT2D eigenvalue weighted by Crippen LogP contribution is 2.16. The van der Waals surface area contributed by atoms with Crippen molar-refractivity contribution in [3.63, 3.8) is 0 Å². The lowest BCUT2D eigenvalue weighted by atomic mass is 10.2. The molecule has 0 amide bonds. The Morgan fingerprint density at radius 3 is 2.62 bits per heavy atom. The summed E-state index contributed by atoms with van der Waals surface area (Å²) in [5, 5.41) is 0. The van der Waals surface area contributed by atoms with Gasteiger partial charge in [0.15, 0.2) is 5.96 Å². The van der Waals surface area contributed by atoms with E-state index in [9.17, 15) is 0 Å². The summed E-state index contributed by atoms with van der Waals surface area (Å²) >= 11 is 3.51. The maximum absolute atomic E-state index is 5.79. The molecule has 1 aromatic carbocycles. The Morgan fingerprint density at radius 1 is 1.44 bits per heavy atom. The van der Waals surface area contributed by atoms with E-state index in [0.717, 1.165) is 11.0 Å². The second-order valence-corrected chi connectivity index (χ2v) is 4.13. The van der Waals surface area contributed by atoms with Crippen LogP contribution in [0, 0.1) is 0 Å². The summed E-state index contributed by atoms with van der Waals surface area (Å²) in [6.07, 6.45) is 0. The predicted molar refractivity (Wildman–Crippen MR) is 83.2 cm³/mol. The van der Waals surface area contributed by atoms with Crippen LogP contribution < -0.4 is 5.73 Å². The average molecular weight is 398 g/mol. The van der Waals surface area contributed by atoms with E-state index in [1.165, 1.54) is 5.56 Å². The van der Waals surface area contributed by atoms with Crippen LogP contribution in [0.25, 0.3) is 0 Å². The molecule has 0 saturated heterocycles. The number of rotatable bonds is 3. The molecule has 0 aliphatic rings. The predicted octanol–water partition coefficient (Wildman–Crippen LogP) is 2.83. The first-order chi connectivity index (χ1) is 7.15.